The normalized spacial score (nSPS) is 12.0. The van der Waals surface area contributed by atoms with Crippen molar-refractivity contribution < 1.29 is 18.0 Å². The van der Waals surface area contributed by atoms with Crippen LogP contribution in [0.3, 0.4) is 0 Å². The van der Waals surface area contributed by atoms with Gasteiger partial charge in [-0.2, -0.15) is 18.3 Å². The molecule has 3 aromatic heterocycles. The number of benzene rings is 1. The Kier molecular flexibility index (Phi) is 4.06. The first-order valence-electron chi connectivity index (χ1n) is 8.34. The minimum absolute atomic E-state index is 0.231. The monoisotopic (exact) mass is 388 g/mol. The lowest BCUT2D eigenvalue weighted by Gasteiger charge is -2.06. The third-order valence-electron chi connectivity index (χ3n) is 4.53. The van der Waals surface area contributed by atoms with Crippen molar-refractivity contribution >= 4 is 27.8 Å². The average molecular weight is 388 g/mol. The van der Waals surface area contributed by atoms with Crippen molar-refractivity contribution in [3.05, 3.63) is 53.7 Å². The predicted molar refractivity (Wildman–Crippen MR) is 95.7 cm³/mol. The fraction of sp³-hybridized carbons (Fsp3) is 0.222. The quantitative estimate of drug-likeness (QED) is 0.586. The Morgan fingerprint density at radius 1 is 1.21 bits per heavy atom. The number of carbonyl (C=O) groups is 1. The van der Waals surface area contributed by atoms with Gasteiger partial charge in [0.2, 0.25) is 0 Å². The van der Waals surface area contributed by atoms with Crippen LogP contribution in [-0.2, 0) is 19.8 Å². The van der Waals surface area contributed by atoms with Gasteiger partial charge in [-0.25, -0.2) is 4.98 Å². The SMILES string of the molecule is CNC(=O)c1nccc2nn(Cc3nc4cc(C(F)(F)F)ccc4n3C)cc12. The fourth-order valence-electron chi connectivity index (χ4n) is 3.09. The molecule has 28 heavy (non-hydrogen) atoms. The first-order chi connectivity index (χ1) is 13.3. The maximum atomic E-state index is 12.9. The molecule has 4 rings (SSSR count). The molecule has 3 heterocycles. The van der Waals surface area contributed by atoms with Crippen LogP contribution in [0.5, 0.6) is 0 Å². The molecule has 0 saturated carbocycles. The molecule has 1 aromatic carbocycles. The Morgan fingerprint density at radius 3 is 2.71 bits per heavy atom. The van der Waals surface area contributed by atoms with Crippen molar-refractivity contribution in [3.8, 4) is 0 Å². The van der Waals surface area contributed by atoms with Gasteiger partial charge in [-0.3, -0.25) is 14.5 Å². The number of fused-ring (bicyclic) bond motifs is 2. The first-order valence-corrected chi connectivity index (χ1v) is 8.34. The average Bonchev–Trinajstić information content (AvgIpc) is 3.20. The molecule has 4 aromatic rings. The van der Waals surface area contributed by atoms with E-state index in [9.17, 15) is 18.0 Å². The van der Waals surface area contributed by atoms with Gasteiger partial charge in [0.05, 0.1) is 34.0 Å². The summed E-state index contributed by atoms with van der Waals surface area (Å²) in [6.45, 7) is 0.231. The number of rotatable bonds is 3. The van der Waals surface area contributed by atoms with Gasteiger partial charge >= 0.3 is 6.18 Å². The van der Waals surface area contributed by atoms with Gasteiger partial charge in [0.15, 0.2) is 0 Å². The summed E-state index contributed by atoms with van der Waals surface area (Å²) >= 11 is 0. The second-order valence-electron chi connectivity index (χ2n) is 6.29. The summed E-state index contributed by atoms with van der Waals surface area (Å²) in [7, 11) is 3.25. The van der Waals surface area contributed by atoms with Crippen LogP contribution < -0.4 is 5.32 Å². The van der Waals surface area contributed by atoms with Gasteiger partial charge in [-0.15, -0.1) is 0 Å². The second kappa shape index (κ2) is 6.32. The number of amides is 1. The standard InChI is InChI=1S/C18H15F3N6O/c1-22-17(28)16-11-8-27(25-12(11)5-6-23-16)9-15-24-13-7-10(18(19,20)21)3-4-14(13)26(15)2/h3-8H,9H2,1-2H3,(H,22,28). The lowest BCUT2D eigenvalue weighted by molar-refractivity contribution is -0.137. The Bertz CT molecular complexity index is 1210. The van der Waals surface area contributed by atoms with Gasteiger partial charge in [-0.1, -0.05) is 0 Å². The summed E-state index contributed by atoms with van der Waals surface area (Å²) in [4.78, 5) is 20.4. The summed E-state index contributed by atoms with van der Waals surface area (Å²) in [6, 6.07) is 5.16. The zero-order valence-electron chi connectivity index (χ0n) is 14.9. The Labute approximate surface area is 156 Å². The highest BCUT2D eigenvalue weighted by Gasteiger charge is 2.31. The molecule has 0 radical (unpaired) electrons. The van der Waals surface area contributed by atoms with E-state index in [0.29, 0.717) is 22.2 Å². The van der Waals surface area contributed by atoms with E-state index in [-0.39, 0.29) is 23.7 Å². The summed E-state index contributed by atoms with van der Waals surface area (Å²) < 4.78 is 42.1. The van der Waals surface area contributed by atoms with Gasteiger partial charge in [-0.05, 0) is 24.3 Å². The second-order valence-corrected chi connectivity index (χ2v) is 6.29. The lowest BCUT2D eigenvalue weighted by Crippen LogP contribution is -2.19. The number of aryl methyl sites for hydroxylation is 1. The number of nitrogens with one attached hydrogen (secondary N) is 1. The van der Waals surface area contributed by atoms with Gasteiger partial charge in [0.1, 0.15) is 11.5 Å². The number of carbonyl (C=O) groups excluding carboxylic acids is 1. The fourth-order valence-corrected chi connectivity index (χ4v) is 3.09. The molecule has 0 aliphatic carbocycles. The molecule has 7 nitrogen and oxygen atoms in total. The molecular formula is C18H15F3N6O. The minimum atomic E-state index is -4.42. The van der Waals surface area contributed by atoms with Crippen LogP contribution in [0.1, 0.15) is 21.9 Å². The van der Waals surface area contributed by atoms with Crippen molar-refractivity contribution in [2.75, 3.05) is 7.05 Å². The Hall–Kier alpha value is -3.43. The number of halogens is 3. The molecular weight excluding hydrogens is 373 g/mol. The van der Waals surface area contributed by atoms with Crippen molar-refractivity contribution in [2.24, 2.45) is 7.05 Å². The highest BCUT2D eigenvalue weighted by Crippen LogP contribution is 2.31. The zero-order chi connectivity index (χ0) is 20.1. The number of alkyl halides is 3. The van der Waals surface area contributed by atoms with Crippen molar-refractivity contribution in [2.45, 2.75) is 12.7 Å². The molecule has 144 valence electrons. The third kappa shape index (κ3) is 2.96. The first kappa shape index (κ1) is 18.0. The van der Waals surface area contributed by atoms with Gasteiger partial charge in [0.25, 0.3) is 5.91 Å². The van der Waals surface area contributed by atoms with Crippen LogP contribution in [-0.4, -0.2) is 37.3 Å². The Balaban J connectivity index is 1.74. The van der Waals surface area contributed by atoms with E-state index in [1.165, 1.54) is 19.3 Å². The van der Waals surface area contributed by atoms with E-state index in [2.05, 4.69) is 20.4 Å². The molecule has 10 heteroatoms. The van der Waals surface area contributed by atoms with E-state index in [1.807, 2.05) is 0 Å². The molecule has 0 bridgehead atoms. The molecule has 0 unspecified atom stereocenters. The lowest BCUT2D eigenvalue weighted by atomic mass is 10.2. The third-order valence-corrected chi connectivity index (χ3v) is 4.53. The topological polar surface area (TPSA) is 77.6 Å². The van der Waals surface area contributed by atoms with E-state index < -0.39 is 11.7 Å². The molecule has 0 fully saturated rings. The van der Waals surface area contributed by atoms with Crippen molar-refractivity contribution in [1.82, 2.24) is 29.6 Å². The van der Waals surface area contributed by atoms with Gasteiger partial charge < -0.3 is 9.88 Å². The van der Waals surface area contributed by atoms with Crippen LogP contribution in [0, 0.1) is 0 Å². The van der Waals surface area contributed by atoms with Crippen LogP contribution in [0.2, 0.25) is 0 Å². The van der Waals surface area contributed by atoms with E-state index >= 15 is 0 Å². The van der Waals surface area contributed by atoms with E-state index in [0.717, 1.165) is 12.1 Å². The molecule has 0 atom stereocenters. The summed E-state index contributed by atoms with van der Waals surface area (Å²) in [5, 5.41) is 7.53. The number of nitrogens with zero attached hydrogens (tertiary/aromatic N) is 5. The largest absolute Gasteiger partial charge is 0.416 e. The van der Waals surface area contributed by atoms with Crippen molar-refractivity contribution in [1.29, 1.82) is 0 Å². The summed E-state index contributed by atoms with van der Waals surface area (Å²) in [5.41, 5.74) is 0.956. The zero-order valence-corrected chi connectivity index (χ0v) is 14.9. The number of aromatic nitrogens is 5. The molecule has 0 saturated heterocycles. The van der Waals surface area contributed by atoms with E-state index in [1.54, 1.807) is 28.6 Å². The highest BCUT2D eigenvalue weighted by molar-refractivity contribution is 6.03. The molecule has 0 spiro atoms. The minimum Gasteiger partial charge on any atom is -0.354 e. The maximum Gasteiger partial charge on any atom is 0.416 e. The number of hydrogen-bond acceptors (Lipinski definition) is 4. The molecule has 0 aliphatic rings. The smallest absolute Gasteiger partial charge is 0.354 e. The van der Waals surface area contributed by atoms with Crippen LogP contribution in [0.25, 0.3) is 21.9 Å². The molecule has 1 amide bonds. The van der Waals surface area contributed by atoms with E-state index in [4.69, 9.17) is 0 Å². The maximum absolute atomic E-state index is 12.9. The molecule has 0 aliphatic heterocycles. The number of pyridine rings is 1. The number of imidazole rings is 1. The van der Waals surface area contributed by atoms with Crippen LogP contribution >= 0.6 is 0 Å². The predicted octanol–water partition coefficient (Wildman–Crippen LogP) is 2.74. The summed E-state index contributed by atoms with van der Waals surface area (Å²) in [5.74, 6) is 0.212. The Morgan fingerprint density at radius 2 is 2.00 bits per heavy atom. The highest BCUT2D eigenvalue weighted by atomic mass is 19.4. The van der Waals surface area contributed by atoms with Gasteiger partial charge in [0, 0.05) is 26.5 Å². The van der Waals surface area contributed by atoms with Crippen molar-refractivity contribution in [3.63, 3.8) is 0 Å². The molecule has 1 N–H and O–H groups in total. The van der Waals surface area contributed by atoms with Crippen LogP contribution in [0.4, 0.5) is 13.2 Å². The summed E-state index contributed by atoms with van der Waals surface area (Å²) in [6.07, 6.45) is -1.25. The number of hydrogen-bond donors (Lipinski definition) is 1. The van der Waals surface area contributed by atoms with Crippen LogP contribution in [0.15, 0.2) is 36.7 Å².